The lowest BCUT2D eigenvalue weighted by Crippen LogP contribution is -2.37. The number of aromatic nitrogens is 3. The van der Waals surface area contributed by atoms with Crippen molar-refractivity contribution >= 4 is 17.5 Å². The van der Waals surface area contributed by atoms with Gasteiger partial charge in [0.15, 0.2) is 5.65 Å². The molecule has 1 atom stereocenters. The number of carbonyl (C=O) groups excluding carboxylic acids is 2. The highest BCUT2D eigenvalue weighted by atomic mass is 16.5. The molecule has 27 heavy (non-hydrogen) atoms. The Morgan fingerprint density at radius 2 is 1.96 bits per heavy atom. The molecule has 0 bridgehead atoms. The maximum absolute atomic E-state index is 12.3. The van der Waals surface area contributed by atoms with Gasteiger partial charge in [0.25, 0.3) is 11.8 Å². The van der Waals surface area contributed by atoms with Gasteiger partial charge in [-0.25, -0.2) is 9.50 Å². The van der Waals surface area contributed by atoms with Gasteiger partial charge in [0.2, 0.25) is 0 Å². The molecule has 0 fully saturated rings. The lowest BCUT2D eigenvalue weighted by molar-refractivity contribution is 0.0894. The molecule has 0 aliphatic carbocycles. The number of hydrogen-bond donors (Lipinski definition) is 2. The fraction of sp³-hybridized carbons (Fsp3) is 0.263. The first-order valence-electron chi connectivity index (χ1n) is 8.57. The predicted molar refractivity (Wildman–Crippen MR) is 100 cm³/mol. The molecule has 8 nitrogen and oxygen atoms in total. The monoisotopic (exact) mass is 367 g/mol. The first-order chi connectivity index (χ1) is 13.0. The molecule has 0 radical (unpaired) electrons. The molecule has 3 aromatic rings. The molecular weight excluding hydrogens is 346 g/mol. The zero-order chi connectivity index (χ0) is 19.4. The molecule has 2 heterocycles. The van der Waals surface area contributed by atoms with Crippen LogP contribution in [-0.2, 0) is 4.74 Å². The van der Waals surface area contributed by atoms with E-state index in [1.807, 2.05) is 19.1 Å². The van der Waals surface area contributed by atoms with E-state index in [-0.39, 0.29) is 17.5 Å². The molecular formula is C19H21N5O3. The number of rotatable bonds is 7. The van der Waals surface area contributed by atoms with E-state index in [9.17, 15) is 9.59 Å². The van der Waals surface area contributed by atoms with Crippen molar-refractivity contribution < 1.29 is 14.3 Å². The Morgan fingerprint density at radius 3 is 2.59 bits per heavy atom. The van der Waals surface area contributed by atoms with E-state index in [1.165, 1.54) is 10.7 Å². The summed E-state index contributed by atoms with van der Waals surface area (Å²) in [5.74, 6) is -0.711. The summed E-state index contributed by atoms with van der Waals surface area (Å²) < 4.78 is 6.61. The molecule has 2 amide bonds. The number of methoxy groups -OCH3 is 1. The van der Waals surface area contributed by atoms with Crippen molar-refractivity contribution in [2.45, 2.75) is 19.4 Å². The molecule has 0 aliphatic rings. The number of fused-ring (bicyclic) bond motifs is 1. The summed E-state index contributed by atoms with van der Waals surface area (Å²) in [5.41, 5.74) is 8.23. The second kappa shape index (κ2) is 7.96. The van der Waals surface area contributed by atoms with Crippen LogP contribution in [0.3, 0.4) is 0 Å². The number of benzene rings is 1. The van der Waals surface area contributed by atoms with Crippen molar-refractivity contribution in [2.75, 3.05) is 13.7 Å². The Kier molecular flexibility index (Phi) is 5.46. The van der Waals surface area contributed by atoms with E-state index >= 15 is 0 Å². The van der Waals surface area contributed by atoms with Gasteiger partial charge in [0, 0.05) is 30.6 Å². The first-order valence-corrected chi connectivity index (χ1v) is 8.57. The number of primary amides is 1. The Balaban J connectivity index is 1.80. The van der Waals surface area contributed by atoms with Crippen molar-refractivity contribution in [1.29, 1.82) is 0 Å². The molecule has 3 rings (SSSR count). The zero-order valence-corrected chi connectivity index (χ0v) is 15.2. The number of nitrogens with two attached hydrogens (primary N) is 1. The van der Waals surface area contributed by atoms with Crippen LogP contribution in [0.4, 0.5) is 0 Å². The maximum atomic E-state index is 12.3. The average Bonchev–Trinajstić information content (AvgIpc) is 3.11. The second-order valence-electron chi connectivity index (χ2n) is 6.14. The summed E-state index contributed by atoms with van der Waals surface area (Å²) in [6.45, 7) is 2.47. The summed E-state index contributed by atoms with van der Waals surface area (Å²) >= 11 is 0. The highest BCUT2D eigenvalue weighted by molar-refractivity contribution is 5.98. The summed E-state index contributed by atoms with van der Waals surface area (Å²) in [7, 11) is 1.61. The van der Waals surface area contributed by atoms with E-state index in [1.54, 1.807) is 31.6 Å². The van der Waals surface area contributed by atoms with E-state index < -0.39 is 5.91 Å². The van der Waals surface area contributed by atoms with E-state index in [2.05, 4.69) is 15.4 Å². The Hall–Kier alpha value is -3.26. The van der Waals surface area contributed by atoms with Crippen molar-refractivity contribution in [2.24, 2.45) is 5.73 Å². The van der Waals surface area contributed by atoms with Gasteiger partial charge >= 0.3 is 0 Å². The van der Waals surface area contributed by atoms with Crippen LogP contribution in [0.15, 0.2) is 42.9 Å². The number of carbonyl (C=O) groups is 2. The molecule has 0 saturated heterocycles. The van der Waals surface area contributed by atoms with Crippen molar-refractivity contribution in [3.63, 3.8) is 0 Å². The number of nitrogens with one attached hydrogen (secondary N) is 1. The fourth-order valence-corrected chi connectivity index (χ4v) is 2.74. The molecule has 8 heteroatoms. The third kappa shape index (κ3) is 3.95. The van der Waals surface area contributed by atoms with Gasteiger partial charge in [-0.3, -0.25) is 9.59 Å². The van der Waals surface area contributed by atoms with Crippen LogP contribution in [0.2, 0.25) is 0 Å². The fourth-order valence-electron chi connectivity index (χ4n) is 2.74. The normalized spacial score (nSPS) is 12.1. The Bertz CT molecular complexity index is 965. The predicted octanol–water partition coefficient (Wildman–Crippen LogP) is 1.65. The largest absolute Gasteiger partial charge is 0.383 e. The minimum absolute atomic E-state index is 0.0203. The first kappa shape index (κ1) is 18.5. The Morgan fingerprint density at radius 1 is 1.22 bits per heavy atom. The number of nitrogens with zero attached hydrogens (tertiary/aromatic N) is 3. The van der Waals surface area contributed by atoms with Crippen LogP contribution >= 0.6 is 0 Å². The number of hydrogen-bond acceptors (Lipinski definition) is 5. The topological polar surface area (TPSA) is 112 Å². The molecule has 2 aromatic heterocycles. The molecule has 140 valence electrons. The SMILES string of the molecule is CCC(COC)NC(=O)c1ccc(-c2cnc3c(C(N)=O)cnn3c2)cc1. The standard InChI is InChI=1S/C19H21N5O3/c1-3-15(11-27-2)23-19(26)13-6-4-12(5-7-13)14-8-21-18-16(17(20)25)9-22-24(18)10-14/h4-10,15H,3,11H2,1-2H3,(H2,20,25)(H,23,26). The van der Waals surface area contributed by atoms with Crippen molar-refractivity contribution in [3.8, 4) is 11.1 Å². The van der Waals surface area contributed by atoms with Crippen molar-refractivity contribution in [1.82, 2.24) is 19.9 Å². The van der Waals surface area contributed by atoms with Crippen LogP contribution in [0.25, 0.3) is 16.8 Å². The third-order valence-electron chi connectivity index (χ3n) is 4.30. The van der Waals surface area contributed by atoms with E-state index in [0.29, 0.717) is 17.8 Å². The van der Waals surface area contributed by atoms with Gasteiger partial charge in [0.05, 0.1) is 18.8 Å². The minimum atomic E-state index is -0.570. The molecule has 3 N–H and O–H groups in total. The smallest absolute Gasteiger partial charge is 0.254 e. The summed E-state index contributed by atoms with van der Waals surface area (Å²) in [4.78, 5) is 28.0. The van der Waals surface area contributed by atoms with E-state index in [0.717, 1.165) is 17.5 Å². The number of amides is 2. The quantitative estimate of drug-likeness (QED) is 0.659. The third-order valence-corrected chi connectivity index (χ3v) is 4.30. The highest BCUT2D eigenvalue weighted by Crippen LogP contribution is 2.20. The zero-order valence-electron chi connectivity index (χ0n) is 15.2. The highest BCUT2D eigenvalue weighted by Gasteiger charge is 2.13. The lowest BCUT2D eigenvalue weighted by Gasteiger charge is -2.16. The molecule has 0 saturated carbocycles. The summed E-state index contributed by atoms with van der Waals surface area (Å²) in [6, 6.07) is 7.17. The maximum Gasteiger partial charge on any atom is 0.254 e. The minimum Gasteiger partial charge on any atom is -0.383 e. The van der Waals surface area contributed by atoms with Gasteiger partial charge in [0.1, 0.15) is 5.56 Å². The van der Waals surface area contributed by atoms with Crippen LogP contribution in [0.5, 0.6) is 0 Å². The van der Waals surface area contributed by atoms with Crippen LogP contribution in [0, 0.1) is 0 Å². The summed E-state index contributed by atoms with van der Waals surface area (Å²) in [6.07, 6.45) is 5.59. The molecule has 0 spiro atoms. The van der Waals surface area contributed by atoms with Crippen LogP contribution < -0.4 is 11.1 Å². The number of ether oxygens (including phenoxy) is 1. The van der Waals surface area contributed by atoms with Gasteiger partial charge in [-0.05, 0) is 24.1 Å². The lowest BCUT2D eigenvalue weighted by atomic mass is 10.1. The van der Waals surface area contributed by atoms with Crippen LogP contribution in [0.1, 0.15) is 34.1 Å². The second-order valence-corrected chi connectivity index (χ2v) is 6.14. The van der Waals surface area contributed by atoms with Gasteiger partial charge in [-0.15, -0.1) is 0 Å². The molecule has 0 aliphatic heterocycles. The van der Waals surface area contributed by atoms with E-state index in [4.69, 9.17) is 10.5 Å². The van der Waals surface area contributed by atoms with Crippen molar-refractivity contribution in [3.05, 3.63) is 54.0 Å². The Labute approximate surface area is 156 Å². The average molecular weight is 367 g/mol. The molecule has 1 unspecified atom stereocenters. The summed E-state index contributed by atoms with van der Waals surface area (Å²) in [5, 5.41) is 7.06. The van der Waals surface area contributed by atoms with Gasteiger partial charge in [-0.1, -0.05) is 19.1 Å². The van der Waals surface area contributed by atoms with Crippen LogP contribution in [-0.4, -0.2) is 46.2 Å². The molecule has 1 aromatic carbocycles. The van der Waals surface area contributed by atoms with Gasteiger partial charge < -0.3 is 15.8 Å². The van der Waals surface area contributed by atoms with Gasteiger partial charge in [-0.2, -0.15) is 5.10 Å².